The summed E-state index contributed by atoms with van der Waals surface area (Å²) in [6.07, 6.45) is 3.62. The van der Waals surface area contributed by atoms with Crippen LogP contribution in [0.25, 0.3) is 0 Å². The maximum atomic E-state index is 12.5. The van der Waals surface area contributed by atoms with Gasteiger partial charge in [-0.15, -0.1) is 0 Å². The van der Waals surface area contributed by atoms with E-state index in [0.29, 0.717) is 5.69 Å². The van der Waals surface area contributed by atoms with Crippen molar-refractivity contribution in [3.05, 3.63) is 17.0 Å². The minimum absolute atomic E-state index is 0.0584. The molecule has 0 atom stereocenters. The van der Waals surface area contributed by atoms with Crippen molar-refractivity contribution >= 4 is 16.0 Å². The number of hydrogen-bond acceptors (Lipinski definition) is 3. The summed E-state index contributed by atoms with van der Waals surface area (Å²) in [6.45, 7) is 4.98. The van der Waals surface area contributed by atoms with Gasteiger partial charge in [-0.1, -0.05) is 12.8 Å². The quantitative estimate of drug-likeness (QED) is 0.791. The first-order valence-corrected chi connectivity index (χ1v) is 8.11. The van der Waals surface area contributed by atoms with Crippen LogP contribution in [0.3, 0.4) is 0 Å². The van der Waals surface area contributed by atoms with E-state index < -0.39 is 21.5 Å². The van der Waals surface area contributed by atoms with Gasteiger partial charge in [0.05, 0.1) is 0 Å². The Morgan fingerprint density at radius 2 is 1.85 bits per heavy atom. The summed E-state index contributed by atoms with van der Waals surface area (Å²) in [5.74, 6) is -1.15. The molecule has 7 heteroatoms. The molecule has 3 N–H and O–H groups in total. The smallest absolute Gasteiger partial charge is 0.352 e. The van der Waals surface area contributed by atoms with Gasteiger partial charge in [-0.25, -0.2) is 17.9 Å². The monoisotopic (exact) mass is 300 g/mol. The van der Waals surface area contributed by atoms with E-state index in [1.807, 2.05) is 6.92 Å². The van der Waals surface area contributed by atoms with Crippen molar-refractivity contribution in [2.24, 2.45) is 0 Å². The van der Waals surface area contributed by atoms with Gasteiger partial charge < -0.3 is 10.1 Å². The Kier molecular flexibility index (Phi) is 3.68. The summed E-state index contributed by atoms with van der Waals surface area (Å²) in [4.78, 5) is 13.8. The molecule has 0 unspecified atom stereocenters. The Morgan fingerprint density at radius 3 is 2.30 bits per heavy atom. The zero-order valence-corrected chi connectivity index (χ0v) is 12.7. The third-order valence-electron chi connectivity index (χ3n) is 3.94. The van der Waals surface area contributed by atoms with Crippen LogP contribution in [0.15, 0.2) is 4.90 Å². The Hall–Kier alpha value is -1.34. The molecule has 0 aromatic carbocycles. The van der Waals surface area contributed by atoms with Crippen LogP contribution in [0.5, 0.6) is 0 Å². The molecule has 1 aromatic rings. The Bertz CT molecular complexity index is 640. The van der Waals surface area contributed by atoms with E-state index in [9.17, 15) is 13.2 Å². The molecule has 0 saturated heterocycles. The van der Waals surface area contributed by atoms with Gasteiger partial charge in [0.25, 0.3) is 0 Å². The van der Waals surface area contributed by atoms with Gasteiger partial charge in [0, 0.05) is 16.8 Å². The van der Waals surface area contributed by atoms with E-state index in [2.05, 4.69) is 9.71 Å². The van der Waals surface area contributed by atoms with Crippen LogP contribution in [-0.2, 0) is 10.0 Å². The first-order chi connectivity index (χ1) is 9.16. The summed E-state index contributed by atoms with van der Waals surface area (Å²) in [7, 11) is -3.72. The van der Waals surface area contributed by atoms with Crippen molar-refractivity contribution in [2.45, 2.75) is 56.9 Å². The van der Waals surface area contributed by atoms with Crippen molar-refractivity contribution < 1.29 is 18.3 Å². The average Bonchev–Trinajstić information content (AvgIpc) is 2.82. The maximum Gasteiger partial charge on any atom is 0.352 e. The molecule has 0 amide bonds. The predicted octanol–water partition coefficient (Wildman–Crippen LogP) is 1.94. The summed E-state index contributed by atoms with van der Waals surface area (Å²) in [5.41, 5.74) is 0.107. The van der Waals surface area contributed by atoms with Crippen molar-refractivity contribution in [3.8, 4) is 0 Å². The Labute approximate surface area is 118 Å². The summed E-state index contributed by atoms with van der Waals surface area (Å²) in [6, 6.07) is 0. The van der Waals surface area contributed by atoms with Crippen LogP contribution in [0.2, 0.25) is 0 Å². The first kappa shape index (κ1) is 15.1. The molecule has 20 heavy (non-hydrogen) atoms. The highest BCUT2D eigenvalue weighted by Crippen LogP contribution is 2.32. The normalized spacial score (nSPS) is 18.4. The van der Waals surface area contributed by atoms with E-state index in [4.69, 9.17) is 5.11 Å². The molecular weight excluding hydrogens is 280 g/mol. The number of nitrogens with one attached hydrogen (secondary N) is 2. The second-order valence-corrected chi connectivity index (χ2v) is 7.38. The van der Waals surface area contributed by atoms with Crippen LogP contribution in [0.4, 0.5) is 0 Å². The number of hydrogen-bond donors (Lipinski definition) is 3. The van der Waals surface area contributed by atoms with Crippen LogP contribution < -0.4 is 4.72 Å². The highest BCUT2D eigenvalue weighted by atomic mass is 32.2. The minimum atomic E-state index is -3.72. The lowest BCUT2D eigenvalue weighted by Gasteiger charge is -2.25. The molecule has 1 heterocycles. The second-order valence-electron chi connectivity index (χ2n) is 5.76. The molecule has 2 rings (SSSR count). The van der Waals surface area contributed by atoms with Gasteiger partial charge >= 0.3 is 5.97 Å². The zero-order chi connectivity index (χ0) is 15.1. The van der Waals surface area contributed by atoms with Crippen LogP contribution in [0, 0.1) is 13.8 Å². The third kappa shape index (κ3) is 2.60. The van der Waals surface area contributed by atoms with Gasteiger partial charge in [-0.05, 0) is 33.6 Å². The summed E-state index contributed by atoms with van der Waals surface area (Å²) < 4.78 is 27.8. The van der Waals surface area contributed by atoms with Crippen LogP contribution >= 0.6 is 0 Å². The number of H-pyrrole nitrogens is 1. The van der Waals surface area contributed by atoms with Gasteiger partial charge in [0.15, 0.2) is 0 Å². The van der Waals surface area contributed by atoms with E-state index in [1.165, 1.54) is 6.92 Å². The molecule has 0 bridgehead atoms. The molecule has 1 aliphatic rings. The number of carbonyl (C=O) groups is 1. The van der Waals surface area contributed by atoms with E-state index in [1.54, 1.807) is 6.92 Å². The molecule has 1 saturated carbocycles. The van der Waals surface area contributed by atoms with E-state index >= 15 is 0 Å². The van der Waals surface area contributed by atoms with Crippen molar-refractivity contribution in [1.82, 2.24) is 9.71 Å². The van der Waals surface area contributed by atoms with E-state index in [-0.39, 0.29) is 16.2 Å². The second kappa shape index (κ2) is 4.89. The number of aromatic amines is 1. The molecule has 112 valence electrons. The molecule has 6 nitrogen and oxygen atoms in total. The molecule has 1 fully saturated rings. The molecule has 1 aliphatic carbocycles. The number of aryl methyl sites for hydroxylation is 1. The number of carboxylic acids is 1. The number of sulfonamides is 1. The first-order valence-electron chi connectivity index (χ1n) is 6.63. The standard InChI is InChI=1S/C13H20N2O4S/c1-8-10(12(16)17)14-9(2)11(8)20(18,19)15-13(3)6-4-5-7-13/h14-15H,4-7H2,1-3H3,(H,16,17). The number of rotatable bonds is 4. The van der Waals surface area contributed by atoms with Gasteiger partial charge in [0.1, 0.15) is 10.6 Å². The number of carboxylic acid groups (broad SMARTS) is 1. The fraction of sp³-hybridized carbons (Fsp3) is 0.615. The van der Waals surface area contributed by atoms with Crippen molar-refractivity contribution in [3.63, 3.8) is 0 Å². The van der Waals surface area contributed by atoms with Crippen molar-refractivity contribution in [2.75, 3.05) is 0 Å². The molecule has 0 radical (unpaired) electrons. The van der Waals surface area contributed by atoms with Gasteiger partial charge in [0.2, 0.25) is 10.0 Å². The third-order valence-corrected chi connectivity index (χ3v) is 5.85. The SMILES string of the molecule is Cc1[nH]c(C(=O)O)c(C)c1S(=O)(=O)NC1(C)CCCC1. The molecule has 0 aliphatic heterocycles. The Morgan fingerprint density at radius 1 is 1.30 bits per heavy atom. The van der Waals surface area contributed by atoms with Crippen LogP contribution in [0.1, 0.15) is 54.4 Å². The molecule has 1 aromatic heterocycles. The number of aromatic nitrogens is 1. The highest BCUT2D eigenvalue weighted by Gasteiger charge is 2.36. The van der Waals surface area contributed by atoms with Crippen molar-refractivity contribution in [1.29, 1.82) is 0 Å². The average molecular weight is 300 g/mol. The predicted molar refractivity (Wildman–Crippen MR) is 74.4 cm³/mol. The minimum Gasteiger partial charge on any atom is -0.477 e. The Balaban J connectivity index is 2.42. The molecule has 0 spiro atoms. The molecular formula is C13H20N2O4S. The number of aromatic carboxylic acids is 1. The fourth-order valence-corrected chi connectivity index (χ4v) is 4.90. The van der Waals surface area contributed by atoms with Crippen LogP contribution in [-0.4, -0.2) is 30.0 Å². The maximum absolute atomic E-state index is 12.5. The summed E-state index contributed by atoms with van der Waals surface area (Å²) in [5, 5.41) is 9.06. The summed E-state index contributed by atoms with van der Waals surface area (Å²) >= 11 is 0. The lowest BCUT2D eigenvalue weighted by Crippen LogP contribution is -2.43. The largest absolute Gasteiger partial charge is 0.477 e. The van der Waals surface area contributed by atoms with Gasteiger partial charge in [-0.3, -0.25) is 0 Å². The fourth-order valence-electron chi connectivity index (χ4n) is 2.98. The topological polar surface area (TPSA) is 99.3 Å². The highest BCUT2D eigenvalue weighted by molar-refractivity contribution is 7.89. The van der Waals surface area contributed by atoms with Gasteiger partial charge in [-0.2, -0.15) is 0 Å². The van der Waals surface area contributed by atoms with E-state index in [0.717, 1.165) is 25.7 Å². The zero-order valence-electron chi connectivity index (χ0n) is 11.9. The lowest BCUT2D eigenvalue weighted by molar-refractivity contribution is 0.0690. The lowest BCUT2D eigenvalue weighted by atomic mass is 10.0.